The molecule has 22 heavy (non-hydrogen) atoms. The first-order valence-electron chi connectivity index (χ1n) is 7.71. The molecule has 0 aliphatic rings. The number of hydrogen-bond donors (Lipinski definition) is 1. The van der Waals surface area contributed by atoms with Crippen molar-refractivity contribution in [1.29, 1.82) is 0 Å². The lowest BCUT2D eigenvalue weighted by atomic mass is 10.1. The predicted octanol–water partition coefficient (Wildman–Crippen LogP) is 4.33. The Kier molecular flexibility index (Phi) is 5.84. The summed E-state index contributed by atoms with van der Waals surface area (Å²) in [6.07, 6.45) is 0.190. The summed E-state index contributed by atoms with van der Waals surface area (Å²) >= 11 is 0. The maximum atomic E-state index is 5.75. The summed E-state index contributed by atoms with van der Waals surface area (Å²) < 4.78 is 11.0. The Bertz CT molecular complexity index is 595. The van der Waals surface area contributed by atoms with Gasteiger partial charge in [-0.15, -0.1) is 0 Å². The van der Waals surface area contributed by atoms with Crippen LogP contribution < -0.4 is 14.8 Å². The Morgan fingerprint density at radius 2 is 1.68 bits per heavy atom. The molecule has 0 heterocycles. The van der Waals surface area contributed by atoms with Gasteiger partial charge in [0.25, 0.3) is 0 Å². The standard InChI is InChI=1S/C19H25NO2/c1-14(2)22-19-10-6-8-17(12-19)15(3)20-13-16-7-5-9-18(11-16)21-4/h5-12,14-15,20H,13H2,1-4H3. The largest absolute Gasteiger partial charge is 0.497 e. The summed E-state index contributed by atoms with van der Waals surface area (Å²) in [4.78, 5) is 0. The molecule has 1 N–H and O–H groups in total. The normalized spacial score (nSPS) is 12.2. The molecule has 0 bridgehead atoms. The van der Waals surface area contributed by atoms with Crippen molar-refractivity contribution in [2.24, 2.45) is 0 Å². The van der Waals surface area contributed by atoms with Crippen LogP contribution in [0.1, 0.15) is 37.9 Å². The lowest BCUT2D eigenvalue weighted by molar-refractivity contribution is 0.242. The molecule has 0 spiro atoms. The number of benzene rings is 2. The molecule has 0 aliphatic carbocycles. The number of ether oxygens (including phenoxy) is 2. The van der Waals surface area contributed by atoms with E-state index < -0.39 is 0 Å². The summed E-state index contributed by atoms with van der Waals surface area (Å²) in [5.41, 5.74) is 2.43. The van der Waals surface area contributed by atoms with Crippen LogP contribution in [0.15, 0.2) is 48.5 Å². The Morgan fingerprint density at radius 3 is 2.41 bits per heavy atom. The van der Waals surface area contributed by atoms with E-state index in [4.69, 9.17) is 9.47 Å². The third-order valence-electron chi connectivity index (χ3n) is 3.48. The first kappa shape index (κ1) is 16.4. The zero-order valence-corrected chi connectivity index (χ0v) is 13.8. The van der Waals surface area contributed by atoms with Crippen LogP contribution in [0.25, 0.3) is 0 Å². The van der Waals surface area contributed by atoms with E-state index in [9.17, 15) is 0 Å². The fraction of sp³-hybridized carbons (Fsp3) is 0.368. The van der Waals surface area contributed by atoms with E-state index in [0.717, 1.165) is 18.0 Å². The number of nitrogens with one attached hydrogen (secondary N) is 1. The molecule has 0 radical (unpaired) electrons. The molecule has 0 aromatic heterocycles. The lowest BCUT2D eigenvalue weighted by Crippen LogP contribution is -2.18. The molecule has 3 nitrogen and oxygen atoms in total. The monoisotopic (exact) mass is 299 g/mol. The molecule has 0 fully saturated rings. The summed E-state index contributed by atoms with van der Waals surface area (Å²) in [6, 6.07) is 16.6. The molecule has 2 aromatic carbocycles. The molecule has 2 aromatic rings. The minimum Gasteiger partial charge on any atom is -0.497 e. The van der Waals surface area contributed by atoms with Crippen LogP contribution in [0.2, 0.25) is 0 Å². The summed E-state index contributed by atoms with van der Waals surface area (Å²) in [5, 5.41) is 3.54. The van der Waals surface area contributed by atoms with Crippen molar-refractivity contribution < 1.29 is 9.47 Å². The van der Waals surface area contributed by atoms with E-state index in [2.05, 4.69) is 36.5 Å². The SMILES string of the molecule is COc1cccc(CNC(C)c2cccc(OC(C)C)c2)c1. The molecule has 3 heteroatoms. The van der Waals surface area contributed by atoms with Crippen LogP contribution >= 0.6 is 0 Å². The number of rotatable bonds is 7. The van der Waals surface area contributed by atoms with E-state index in [0.29, 0.717) is 0 Å². The quantitative estimate of drug-likeness (QED) is 0.825. The average Bonchev–Trinajstić information content (AvgIpc) is 2.52. The highest BCUT2D eigenvalue weighted by Gasteiger charge is 2.07. The van der Waals surface area contributed by atoms with Gasteiger partial charge in [0.15, 0.2) is 0 Å². The zero-order valence-electron chi connectivity index (χ0n) is 13.8. The highest BCUT2D eigenvalue weighted by atomic mass is 16.5. The van der Waals surface area contributed by atoms with Gasteiger partial charge in [-0.3, -0.25) is 0 Å². The van der Waals surface area contributed by atoms with Crippen molar-refractivity contribution >= 4 is 0 Å². The minimum atomic E-state index is 0.190. The topological polar surface area (TPSA) is 30.5 Å². The second-order valence-electron chi connectivity index (χ2n) is 5.69. The van der Waals surface area contributed by atoms with Gasteiger partial charge in [0.1, 0.15) is 11.5 Å². The van der Waals surface area contributed by atoms with Crippen molar-refractivity contribution in [3.63, 3.8) is 0 Å². The molecule has 0 saturated heterocycles. The predicted molar refractivity (Wildman–Crippen MR) is 90.5 cm³/mol. The second kappa shape index (κ2) is 7.85. The summed E-state index contributed by atoms with van der Waals surface area (Å²) in [5.74, 6) is 1.81. The van der Waals surface area contributed by atoms with Crippen LogP contribution in [0.3, 0.4) is 0 Å². The van der Waals surface area contributed by atoms with Crippen LogP contribution in [0.4, 0.5) is 0 Å². The third-order valence-corrected chi connectivity index (χ3v) is 3.48. The Labute approximate surface area is 133 Å². The van der Waals surface area contributed by atoms with E-state index in [1.54, 1.807) is 7.11 Å². The summed E-state index contributed by atoms with van der Waals surface area (Å²) in [7, 11) is 1.69. The van der Waals surface area contributed by atoms with Gasteiger partial charge in [0, 0.05) is 12.6 Å². The van der Waals surface area contributed by atoms with Crippen molar-refractivity contribution in [1.82, 2.24) is 5.32 Å². The second-order valence-corrected chi connectivity index (χ2v) is 5.69. The molecule has 1 atom stereocenters. The highest BCUT2D eigenvalue weighted by molar-refractivity contribution is 5.31. The van der Waals surface area contributed by atoms with Gasteiger partial charge in [-0.1, -0.05) is 24.3 Å². The van der Waals surface area contributed by atoms with Crippen LogP contribution in [-0.2, 0) is 6.54 Å². The van der Waals surface area contributed by atoms with E-state index in [1.807, 2.05) is 38.1 Å². The molecule has 0 saturated carbocycles. The van der Waals surface area contributed by atoms with Crippen LogP contribution in [-0.4, -0.2) is 13.2 Å². The lowest BCUT2D eigenvalue weighted by Gasteiger charge is -2.17. The first-order valence-corrected chi connectivity index (χ1v) is 7.71. The number of methoxy groups -OCH3 is 1. The van der Waals surface area contributed by atoms with Gasteiger partial charge in [-0.25, -0.2) is 0 Å². The molecular weight excluding hydrogens is 274 g/mol. The first-order chi connectivity index (χ1) is 10.6. The zero-order chi connectivity index (χ0) is 15.9. The molecule has 0 aliphatic heterocycles. The van der Waals surface area contributed by atoms with Gasteiger partial charge in [0.2, 0.25) is 0 Å². The Balaban J connectivity index is 1.98. The van der Waals surface area contributed by atoms with Crippen molar-refractivity contribution in [3.8, 4) is 11.5 Å². The van der Waals surface area contributed by atoms with Crippen LogP contribution in [0, 0.1) is 0 Å². The Hall–Kier alpha value is -2.00. The molecule has 1 unspecified atom stereocenters. The molecule has 0 amide bonds. The average molecular weight is 299 g/mol. The van der Waals surface area contributed by atoms with Gasteiger partial charge in [-0.05, 0) is 56.2 Å². The van der Waals surface area contributed by atoms with Gasteiger partial charge < -0.3 is 14.8 Å². The number of hydrogen-bond acceptors (Lipinski definition) is 3. The highest BCUT2D eigenvalue weighted by Crippen LogP contribution is 2.21. The fourth-order valence-electron chi connectivity index (χ4n) is 2.30. The van der Waals surface area contributed by atoms with Gasteiger partial charge >= 0.3 is 0 Å². The Morgan fingerprint density at radius 1 is 0.955 bits per heavy atom. The maximum Gasteiger partial charge on any atom is 0.120 e. The van der Waals surface area contributed by atoms with Gasteiger partial charge in [0.05, 0.1) is 13.2 Å². The molecule has 2 rings (SSSR count). The van der Waals surface area contributed by atoms with Crippen molar-refractivity contribution in [2.75, 3.05) is 7.11 Å². The van der Waals surface area contributed by atoms with Crippen molar-refractivity contribution in [3.05, 3.63) is 59.7 Å². The fourth-order valence-corrected chi connectivity index (χ4v) is 2.30. The maximum absolute atomic E-state index is 5.75. The van der Waals surface area contributed by atoms with E-state index in [-0.39, 0.29) is 12.1 Å². The van der Waals surface area contributed by atoms with Crippen LogP contribution in [0.5, 0.6) is 11.5 Å². The van der Waals surface area contributed by atoms with E-state index >= 15 is 0 Å². The third kappa shape index (κ3) is 4.78. The molecular formula is C19H25NO2. The summed E-state index contributed by atoms with van der Waals surface area (Å²) in [6.45, 7) is 7.04. The van der Waals surface area contributed by atoms with E-state index in [1.165, 1.54) is 11.1 Å². The smallest absolute Gasteiger partial charge is 0.120 e. The minimum absolute atomic E-state index is 0.190. The van der Waals surface area contributed by atoms with Gasteiger partial charge in [-0.2, -0.15) is 0 Å². The molecule has 118 valence electrons. The van der Waals surface area contributed by atoms with Crippen molar-refractivity contribution in [2.45, 2.75) is 39.5 Å².